The first-order chi connectivity index (χ1) is 15.4. The lowest BCUT2D eigenvalue weighted by molar-refractivity contribution is -0.136. The van der Waals surface area contributed by atoms with Crippen LogP contribution in [-0.4, -0.2) is 25.1 Å². The van der Waals surface area contributed by atoms with Gasteiger partial charge in [-0.25, -0.2) is 9.82 Å². The second kappa shape index (κ2) is 10.7. The summed E-state index contributed by atoms with van der Waals surface area (Å²) >= 11 is 0. The number of hydrogen-bond acceptors (Lipinski definition) is 5. The molecule has 164 valence electrons. The van der Waals surface area contributed by atoms with Gasteiger partial charge in [-0.05, 0) is 60.5 Å². The van der Waals surface area contributed by atoms with Gasteiger partial charge in [-0.3, -0.25) is 9.59 Å². The molecular formula is C24H22FN3O4. The van der Waals surface area contributed by atoms with Crippen LogP contribution in [0, 0.1) is 12.7 Å². The minimum Gasteiger partial charge on any atom is -0.493 e. The van der Waals surface area contributed by atoms with Crippen LogP contribution in [0.5, 0.6) is 11.5 Å². The Bertz CT molecular complexity index is 1110. The molecule has 3 rings (SSSR count). The van der Waals surface area contributed by atoms with E-state index in [1.54, 1.807) is 42.5 Å². The Morgan fingerprint density at radius 1 is 0.969 bits per heavy atom. The fourth-order valence-corrected chi connectivity index (χ4v) is 2.67. The number of amides is 2. The molecule has 3 aromatic carbocycles. The van der Waals surface area contributed by atoms with Gasteiger partial charge in [0.2, 0.25) is 0 Å². The molecule has 0 spiro atoms. The SMILES string of the molecule is COc1cc(/C=N\NC(=O)C(=O)Nc2ccc(C)cc2)ccc1OCc1ccc(F)cc1. The van der Waals surface area contributed by atoms with E-state index in [1.165, 1.54) is 25.5 Å². The van der Waals surface area contributed by atoms with Crippen LogP contribution in [0.1, 0.15) is 16.7 Å². The molecule has 2 N–H and O–H groups in total. The zero-order valence-corrected chi connectivity index (χ0v) is 17.6. The number of ether oxygens (including phenoxy) is 2. The number of halogens is 1. The highest BCUT2D eigenvalue weighted by Crippen LogP contribution is 2.28. The Kier molecular flexibility index (Phi) is 7.53. The standard InChI is InChI=1S/C24H22FN3O4/c1-16-3-10-20(11-4-16)27-23(29)24(30)28-26-14-18-7-12-21(22(13-18)31-2)32-15-17-5-8-19(25)9-6-17/h3-14H,15H2,1-2H3,(H,27,29)(H,28,30)/b26-14-. The van der Waals surface area contributed by atoms with Crippen LogP contribution in [0.4, 0.5) is 10.1 Å². The van der Waals surface area contributed by atoms with Crippen molar-refractivity contribution in [3.05, 3.63) is 89.2 Å². The fourth-order valence-electron chi connectivity index (χ4n) is 2.67. The molecule has 0 saturated carbocycles. The molecule has 32 heavy (non-hydrogen) atoms. The molecule has 3 aromatic rings. The van der Waals surface area contributed by atoms with Crippen LogP contribution in [0.25, 0.3) is 0 Å². The van der Waals surface area contributed by atoms with Gasteiger partial charge in [0.25, 0.3) is 0 Å². The van der Waals surface area contributed by atoms with Crippen molar-refractivity contribution in [3.63, 3.8) is 0 Å². The van der Waals surface area contributed by atoms with Crippen LogP contribution in [0.3, 0.4) is 0 Å². The monoisotopic (exact) mass is 435 g/mol. The summed E-state index contributed by atoms with van der Waals surface area (Å²) in [6.07, 6.45) is 1.38. The lowest BCUT2D eigenvalue weighted by atomic mass is 10.2. The van der Waals surface area contributed by atoms with E-state index in [-0.39, 0.29) is 12.4 Å². The van der Waals surface area contributed by atoms with Gasteiger partial charge in [0.1, 0.15) is 12.4 Å². The van der Waals surface area contributed by atoms with E-state index in [0.717, 1.165) is 11.1 Å². The second-order valence-corrected chi connectivity index (χ2v) is 6.84. The third-order valence-corrected chi connectivity index (χ3v) is 4.39. The van der Waals surface area contributed by atoms with Crippen molar-refractivity contribution in [3.8, 4) is 11.5 Å². The summed E-state index contributed by atoms with van der Waals surface area (Å²) in [6, 6.07) is 18.1. The number of nitrogens with zero attached hydrogens (tertiary/aromatic N) is 1. The third kappa shape index (κ3) is 6.40. The van der Waals surface area contributed by atoms with Crippen LogP contribution in [0.2, 0.25) is 0 Å². The van der Waals surface area contributed by atoms with E-state index in [1.807, 2.05) is 19.1 Å². The Hall–Kier alpha value is -4.20. The molecule has 0 fully saturated rings. The third-order valence-electron chi connectivity index (χ3n) is 4.39. The Labute approximate surface area is 184 Å². The second-order valence-electron chi connectivity index (χ2n) is 6.84. The van der Waals surface area contributed by atoms with Crippen molar-refractivity contribution < 1.29 is 23.5 Å². The maximum atomic E-state index is 13.0. The summed E-state index contributed by atoms with van der Waals surface area (Å²) in [5, 5.41) is 6.30. The number of carbonyl (C=O) groups excluding carboxylic acids is 2. The number of rotatable bonds is 7. The van der Waals surface area contributed by atoms with E-state index < -0.39 is 11.8 Å². The molecular weight excluding hydrogens is 413 g/mol. The molecule has 0 radical (unpaired) electrons. The number of hydrogen-bond donors (Lipinski definition) is 2. The van der Waals surface area contributed by atoms with Gasteiger partial charge >= 0.3 is 11.8 Å². The van der Waals surface area contributed by atoms with Gasteiger partial charge in [0, 0.05) is 5.69 Å². The molecule has 0 unspecified atom stereocenters. The first kappa shape index (κ1) is 22.5. The molecule has 0 aliphatic heterocycles. The number of nitrogens with one attached hydrogen (secondary N) is 2. The fraction of sp³-hybridized carbons (Fsp3) is 0.125. The van der Waals surface area contributed by atoms with Crippen molar-refractivity contribution in [2.45, 2.75) is 13.5 Å². The van der Waals surface area contributed by atoms with Crippen molar-refractivity contribution in [2.75, 3.05) is 12.4 Å². The summed E-state index contributed by atoms with van der Waals surface area (Å²) in [6.45, 7) is 2.17. The van der Waals surface area contributed by atoms with E-state index in [2.05, 4.69) is 15.8 Å². The molecule has 0 saturated heterocycles. The highest BCUT2D eigenvalue weighted by atomic mass is 19.1. The van der Waals surface area contributed by atoms with Gasteiger partial charge in [-0.1, -0.05) is 29.8 Å². The number of carbonyl (C=O) groups is 2. The zero-order chi connectivity index (χ0) is 22.9. The predicted molar refractivity (Wildman–Crippen MR) is 119 cm³/mol. The quantitative estimate of drug-likeness (QED) is 0.336. The van der Waals surface area contributed by atoms with Crippen LogP contribution < -0.4 is 20.2 Å². The number of hydrazone groups is 1. The summed E-state index contributed by atoms with van der Waals surface area (Å²) in [5.74, 6) is -1.08. The maximum Gasteiger partial charge on any atom is 0.329 e. The van der Waals surface area contributed by atoms with E-state index >= 15 is 0 Å². The molecule has 7 nitrogen and oxygen atoms in total. The summed E-state index contributed by atoms with van der Waals surface area (Å²) in [4.78, 5) is 23.9. The molecule has 2 amide bonds. The van der Waals surface area contributed by atoms with Gasteiger partial charge in [0.15, 0.2) is 11.5 Å². The Morgan fingerprint density at radius 2 is 1.69 bits per heavy atom. The summed E-state index contributed by atoms with van der Waals surface area (Å²) in [7, 11) is 1.50. The minimum absolute atomic E-state index is 0.246. The Balaban J connectivity index is 1.55. The topological polar surface area (TPSA) is 89.0 Å². The Morgan fingerprint density at radius 3 is 2.38 bits per heavy atom. The molecule has 8 heteroatoms. The first-order valence-corrected chi connectivity index (χ1v) is 9.71. The molecule has 0 aromatic heterocycles. The van der Waals surface area contributed by atoms with Gasteiger partial charge in [0.05, 0.1) is 13.3 Å². The number of benzene rings is 3. The summed E-state index contributed by atoms with van der Waals surface area (Å²) < 4.78 is 24.1. The first-order valence-electron chi connectivity index (χ1n) is 9.71. The van der Waals surface area contributed by atoms with E-state index in [4.69, 9.17) is 9.47 Å². The minimum atomic E-state index is -0.895. The number of methoxy groups -OCH3 is 1. The normalized spacial score (nSPS) is 10.6. The molecule has 0 heterocycles. The van der Waals surface area contributed by atoms with E-state index in [0.29, 0.717) is 22.7 Å². The lowest BCUT2D eigenvalue weighted by Crippen LogP contribution is -2.32. The zero-order valence-electron chi connectivity index (χ0n) is 17.6. The molecule has 0 aliphatic rings. The molecule has 0 atom stereocenters. The average Bonchev–Trinajstić information content (AvgIpc) is 2.80. The van der Waals surface area contributed by atoms with Gasteiger partial charge in [-0.15, -0.1) is 0 Å². The van der Waals surface area contributed by atoms with Crippen molar-refractivity contribution >= 4 is 23.7 Å². The lowest BCUT2D eigenvalue weighted by Gasteiger charge is -2.11. The number of anilines is 1. The van der Waals surface area contributed by atoms with E-state index in [9.17, 15) is 14.0 Å². The van der Waals surface area contributed by atoms with Crippen molar-refractivity contribution in [1.29, 1.82) is 0 Å². The van der Waals surface area contributed by atoms with Crippen LogP contribution in [-0.2, 0) is 16.2 Å². The predicted octanol–water partition coefficient (Wildman–Crippen LogP) is 3.81. The largest absolute Gasteiger partial charge is 0.493 e. The van der Waals surface area contributed by atoms with Crippen molar-refractivity contribution in [1.82, 2.24) is 5.43 Å². The smallest absolute Gasteiger partial charge is 0.329 e. The average molecular weight is 435 g/mol. The highest BCUT2D eigenvalue weighted by molar-refractivity contribution is 6.39. The molecule has 0 aliphatic carbocycles. The van der Waals surface area contributed by atoms with Gasteiger partial charge in [-0.2, -0.15) is 5.10 Å². The maximum absolute atomic E-state index is 13.0. The highest BCUT2D eigenvalue weighted by Gasteiger charge is 2.12. The van der Waals surface area contributed by atoms with Crippen molar-refractivity contribution in [2.24, 2.45) is 5.10 Å². The number of aryl methyl sites for hydroxylation is 1. The molecule has 0 bridgehead atoms. The van der Waals surface area contributed by atoms with Gasteiger partial charge < -0.3 is 14.8 Å². The van der Waals surface area contributed by atoms with Crippen LogP contribution in [0.15, 0.2) is 71.8 Å². The van der Waals surface area contributed by atoms with Crippen LogP contribution >= 0.6 is 0 Å². The summed E-state index contributed by atoms with van der Waals surface area (Å²) in [5.41, 5.74) is 5.17.